The monoisotopic (exact) mass is 418 g/mol. The average molecular weight is 418 g/mol. The van der Waals surface area contributed by atoms with E-state index in [-0.39, 0.29) is 23.4 Å². The van der Waals surface area contributed by atoms with Gasteiger partial charge in [0.05, 0.1) is 12.2 Å². The first-order valence-electron chi connectivity index (χ1n) is 10.8. The van der Waals surface area contributed by atoms with Crippen molar-refractivity contribution < 1.29 is 24.2 Å². The second kappa shape index (κ2) is 9.21. The molecule has 0 spiro atoms. The van der Waals surface area contributed by atoms with Crippen LogP contribution >= 0.6 is 0 Å². The summed E-state index contributed by atoms with van der Waals surface area (Å²) in [5.74, 6) is -0.0260. The second-order valence-corrected chi connectivity index (χ2v) is 7.91. The largest absolute Gasteiger partial charge is 0.508 e. The Morgan fingerprint density at radius 1 is 1.16 bits per heavy atom. The van der Waals surface area contributed by atoms with E-state index in [9.17, 15) is 14.7 Å². The SMILES string of the molecule is CCCCCCOC(=O)c1cccc(C2=C3C=CC(=O)C=C3OC3C=C(O)C=CC23)c1. The lowest BCUT2D eigenvalue weighted by Crippen LogP contribution is -2.30. The van der Waals surface area contributed by atoms with Crippen molar-refractivity contribution in [3.05, 3.63) is 88.9 Å². The van der Waals surface area contributed by atoms with Crippen molar-refractivity contribution in [3.63, 3.8) is 0 Å². The number of carbonyl (C=O) groups excluding carboxylic acids is 2. The van der Waals surface area contributed by atoms with Gasteiger partial charge in [-0.25, -0.2) is 4.79 Å². The number of benzene rings is 1. The molecule has 1 heterocycles. The molecule has 0 radical (unpaired) electrons. The molecule has 1 aliphatic heterocycles. The number of hydrogen-bond donors (Lipinski definition) is 1. The standard InChI is InChI=1S/C26H26O5/c1-2-3-4-5-13-30-26(29)18-8-6-7-17(14-18)25-21-11-9-19(27)15-23(21)31-24-16-20(28)10-12-22(24)25/h6-12,14-16,21,23,27H,2-5,13H2,1H3. The van der Waals surface area contributed by atoms with Crippen LogP contribution in [-0.4, -0.2) is 29.6 Å². The molecular weight excluding hydrogens is 392 g/mol. The molecule has 4 rings (SSSR count). The van der Waals surface area contributed by atoms with Crippen molar-refractivity contribution in [1.29, 1.82) is 0 Å². The van der Waals surface area contributed by atoms with E-state index in [0.717, 1.165) is 42.4 Å². The first-order chi connectivity index (χ1) is 15.1. The van der Waals surface area contributed by atoms with Crippen molar-refractivity contribution in [3.8, 4) is 0 Å². The molecule has 0 fully saturated rings. The zero-order valence-electron chi connectivity index (χ0n) is 17.5. The van der Waals surface area contributed by atoms with E-state index >= 15 is 0 Å². The first-order valence-corrected chi connectivity index (χ1v) is 10.8. The van der Waals surface area contributed by atoms with Gasteiger partial charge < -0.3 is 14.6 Å². The van der Waals surface area contributed by atoms with E-state index in [1.807, 2.05) is 24.3 Å². The summed E-state index contributed by atoms with van der Waals surface area (Å²) < 4.78 is 11.5. The number of allylic oxidation sites excluding steroid dienone is 4. The predicted octanol–water partition coefficient (Wildman–Crippen LogP) is 5.23. The summed E-state index contributed by atoms with van der Waals surface area (Å²) in [4.78, 5) is 24.5. The van der Waals surface area contributed by atoms with Gasteiger partial charge in [0, 0.05) is 17.6 Å². The summed E-state index contributed by atoms with van der Waals surface area (Å²) in [6, 6.07) is 7.35. The lowest BCUT2D eigenvalue weighted by atomic mass is 9.78. The average Bonchev–Trinajstić information content (AvgIpc) is 2.77. The van der Waals surface area contributed by atoms with Crippen molar-refractivity contribution in [2.24, 2.45) is 5.92 Å². The minimum absolute atomic E-state index is 0.128. The highest BCUT2D eigenvalue weighted by Gasteiger charge is 2.36. The Hall–Kier alpha value is -3.34. The number of aliphatic hydroxyl groups is 1. The minimum atomic E-state index is -0.427. The summed E-state index contributed by atoms with van der Waals surface area (Å²) in [6.45, 7) is 2.56. The summed E-state index contributed by atoms with van der Waals surface area (Å²) >= 11 is 0. The molecule has 160 valence electrons. The summed E-state index contributed by atoms with van der Waals surface area (Å²) in [5, 5.41) is 9.92. The van der Waals surface area contributed by atoms with Gasteiger partial charge >= 0.3 is 5.97 Å². The minimum Gasteiger partial charge on any atom is -0.508 e. The molecule has 0 bridgehead atoms. The number of fused-ring (bicyclic) bond motifs is 2. The van der Waals surface area contributed by atoms with Crippen molar-refractivity contribution >= 4 is 17.3 Å². The number of carbonyl (C=O) groups is 2. The molecule has 0 aromatic heterocycles. The van der Waals surface area contributed by atoms with Crippen LogP contribution in [0.5, 0.6) is 0 Å². The molecule has 5 nitrogen and oxygen atoms in total. The van der Waals surface area contributed by atoms with Crippen LogP contribution < -0.4 is 0 Å². The Morgan fingerprint density at radius 3 is 2.87 bits per heavy atom. The number of rotatable bonds is 7. The third-order valence-electron chi connectivity index (χ3n) is 5.64. The Labute approximate surface area is 182 Å². The molecule has 2 aliphatic carbocycles. The van der Waals surface area contributed by atoms with Gasteiger partial charge in [0.25, 0.3) is 0 Å². The number of aliphatic hydroxyl groups excluding tert-OH is 1. The normalized spacial score (nSPS) is 21.6. The number of ketones is 1. The van der Waals surface area contributed by atoms with Crippen LogP contribution in [0.2, 0.25) is 0 Å². The highest BCUT2D eigenvalue weighted by atomic mass is 16.5. The fourth-order valence-corrected chi connectivity index (χ4v) is 4.09. The van der Waals surface area contributed by atoms with E-state index in [4.69, 9.17) is 9.47 Å². The van der Waals surface area contributed by atoms with Gasteiger partial charge in [-0.15, -0.1) is 0 Å². The highest BCUT2D eigenvalue weighted by Crippen LogP contribution is 2.43. The number of unbranched alkanes of at least 4 members (excludes halogenated alkanes) is 3. The Kier molecular flexibility index (Phi) is 6.21. The van der Waals surface area contributed by atoms with E-state index in [0.29, 0.717) is 17.9 Å². The van der Waals surface area contributed by atoms with Crippen LogP contribution in [0.3, 0.4) is 0 Å². The van der Waals surface area contributed by atoms with Crippen molar-refractivity contribution in [1.82, 2.24) is 0 Å². The predicted molar refractivity (Wildman–Crippen MR) is 118 cm³/mol. The van der Waals surface area contributed by atoms with Crippen molar-refractivity contribution in [2.75, 3.05) is 6.61 Å². The first kappa shape index (κ1) is 20.9. The van der Waals surface area contributed by atoms with Gasteiger partial charge in [0.2, 0.25) is 0 Å². The van der Waals surface area contributed by atoms with E-state index < -0.39 is 6.10 Å². The fourth-order valence-electron chi connectivity index (χ4n) is 4.09. The second-order valence-electron chi connectivity index (χ2n) is 7.91. The fraction of sp³-hybridized carbons (Fsp3) is 0.308. The zero-order chi connectivity index (χ0) is 21.8. The van der Waals surface area contributed by atoms with Crippen LogP contribution in [0.25, 0.3) is 5.57 Å². The Bertz CT molecular complexity index is 1040. The quantitative estimate of drug-likeness (QED) is 0.485. The molecule has 0 saturated carbocycles. The van der Waals surface area contributed by atoms with E-state index in [1.165, 1.54) is 12.2 Å². The summed E-state index contributed by atoms with van der Waals surface area (Å²) in [5.41, 5.74) is 3.11. The molecule has 3 aliphatic rings. The lowest BCUT2D eigenvalue weighted by Gasteiger charge is -2.36. The van der Waals surface area contributed by atoms with Gasteiger partial charge in [0.1, 0.15) is 17.6 Å². The molecular formula is C26H26O5. The Morgan fingerprint density at radius 2 is 2.03 bits per heavy atom. The maximum absolute atomic E-state index is 12.6. The molecule has 31 heavy (non-hydrogen) atoms. The molecule has 2 atom stereocenters. The van der Waals surface area contributed by atoms with Gasteiger partial charge in [-0.05, 0) is 54.0 Å². The van der Waals surface area contributed by atoms with Gasteiger partial charge in [0.15, 0.2) is 5.78 Å². The maximum Gasteiger partial charge on any atom is 0.338 e. The van der Waals surface area contributed by atoms with Crippen LogP contribution in [-0.2, 0) is 14.3 Å². The Balaban J connectivity index is 1.64. The van der Waals surface area contributed by atoms with Crippen LogP contribution in [0.15, 0.2) is 77.8 Å². The molecule has 0 amide bonds. The van der Waals surface area contributed by atoms with Gasteiger partial charge in [-0.2, -0.15) is 0 Å². The number of hydrogen-bond acceptors (Lipinski definition) is 5. The topological polar surface area (TPSA) is 72.8 Å². The van der Waals surface area contributed by atoms with Gasteiger partial charge in [-0.3, -0.25) is 4.79 Å². The molecule has 1 aromatic carbocycles. The van der Waals surface area contributed by atoms with E-state index in [1.54, 1.807) is 24.3 Å². The molecule has 2 unspecified atom stereocenters. The summed E-state index contributed by atoms with van der Waals surface area (Å²) in [6.07, 6.45) is 13.7. The van der Waals surface area contributed by atoms with Crippen LogP contribution in [0, 0.1) is 5.92 Å². The van der Waals surface area contributed by atoms with E-state index in [2.05, 4.69) is 6.92 Å². The molecule has 1 aromatic rings. The molecule has 1 N–H and O–H groups in total. The number of ether oxygens (including phenoxy) is 2. The molecule has 0 saturated heterocycles. The lowest BCUT2D eigenvalue weighted by molar-refractivity contribution is -0.110. The van der Waals surface area contributed by atoms with Crippen LogP contribution in [0.4, 0.5) is 0 Å². The van der Waals surface area contributed by atoms with Gasteiger partial charge in [-0.1, -0.05) is 44.4 Å². The van der Waals surface area contributed by atoms with Crippen LogP contribution in [0.1, 0.15) is 48.5 Å². The third-order valence-corrected chi connectivity index (χ3v) is 5.64. The smallest absolute Gasteiger partial charge is 0.338 e. The van der Waals surface area contributed by atoms with Crippen molar-refractivity contribution in [2.45, 2.75) is 38.7 Å². The maximum atomic E-state index is 12.6. The number of esters is 1. The third kappa shape index (κ3) is 4.55. The molecule has 5 heteroatoms. The zero-order valence-corrected chi connectivity index (χ0v) is 17.5. The summed E-state index contributed by atoms with van der Waals surface area (Å²) in [7, 11) is 0. The highest BCUT2D eigenvalue weighted by molar-refractivity contribution is 6.03.